The molecule has 2 rings (SSSR count). The molecule has 0 aliphatic rings. The number of amides is 1. The molecule has 1 N–H and O–H groups in total. The van der Waals surface area contributed by atoms with Crippen molar-refractivity contribution < 1.29 is 19.4 Å². The number of hydrogen-bond donors (Lipinski definition) is 1. The number of nitrogens with zero attached hydrogens (tertiary/aromatic N) is 2. The van der Waals surface area contributed by atoms with Crippen LogP contribution in [0.3, 0.4) is 0 Å². The Hall–Kier alpha value is -2.34. The topological polar surface area (TPSA) is 71.8 Å². The van der Waals surface area contributed by atoms with Gasteiger partial charge in [-0.15, -0.1) is 0 Å². The van der Waals surface area contributed by atoms with Crippen LogP contribution in [0.2, 0.25) is 0 Å². The summed E-state index contributed by atoms with van der Waals surface area (Å²) in [7, 11) is 3.11. The van der Waals surface area contributed by atoms with Crippen molar-refractivity contribution in [2.24, 2.45) is 0 Å². The summed E-state index contributed by atoms with van der Waals surface area (Å²) in [5.41, 5.74) is 1.44. The van der Waals surface area contributed by atoms with Gasteiger partial charge in [-0.1, -0.05) is 18.2 Å². The zero-order valence-corrected chi connectivity index (χ0v) is 12.1. The van der Waals surface area contributed by atoms with Crippen LogP contribution in [0.1, 0.15) is 10.4 Å². The first kappa shape index (κ1) is 15.1. The van der Waals surface area contributed by atoms with Gasteiger partial charge in [0.15, 0.2) is 0 Å². The molecule has 0 atom stereocenters. The summed E-state index contributed by atoms with van der Waals surface area (Å²) >= 11 is 0. The van der Waals surface area contributed by atoms with E-state index in [2.05, 4.69) is 0 Å². The van der Waals surface area contributed by atoms with E-state index in [1.165, 1.54) is 11.9 Å². The lowest BCUT2D eigenvalue weighted by atomic mass is 10.1. The van der Waals surface area contributed by atoms with Gasteiger partial charge in [0.1, 0.15) is 6.54 Å². The van der Waals surface area contributed by atoms with Crippen molar-refractivity contribution in [2.45, 2.75) is 6.54 Å². The Morgan fingerprint density at radius 1 is 1.33 bits per heavy atom. The Morgan fingerprint density at radius 2 is 2.05 bits per heavy atom. The summed E-state index contributed by atoms with van der Waals surface area (Å²) in [5.74, 6) is -1.33. The lowest BCUT2D eigenvalue weighted by Crippen LogP contribution is -2.31. The summed E-state index contributed by atoms with van der Waals surface area (Å²) in [5, 5.41) is 9.61. The molecule has 0 saturated carbocycles. The predicted molar refractivity (Wildman–Crippen MR) is 78.4 cm³/mol. The fraction of sp³-hybridized carbons (Fsp3) is 0.333. The number of hydrogen-bond acceptors (Lipinski definition) is 3. The number of rotatable bonds is 6. The molecule has 21 heavy (non-hydrogen) atoms. The molecule has 0 saturated heterocycles. The zero-order valence-electron chi connectivity index (χ0n) is 12.1. The third-order valence-electron chi connectivity index (χ3n) is 3.27. The van der Waals surface area contributed by atoms with Gasteiger partial charge < -0.3 is 19.3 Å². The highest BCUT2D eigenvalue weighted by molar-refractivity contribution is 6.07. The van der Waals surface area contributed by atoms with Gasteiger partial charge in [-0.05, 0) is 6.07 Å². The maximum atomic E-state index is 12.4. The minimum absolute atomic E-state index is 0.301. The van der Waals surface area contributed by atoms with Gasteiger partial charge in [0.2, 0.25) is 0 Å². The van der Waals surface area contributed by atoms with Crippen molar-refractivity contribution in [3.63, 3.8) is 0 Å². The predicted octanol–water partition coefficient (Wildman–Crippen LogP) is 1.44. The van der Waals surface area contributed by atoms with E-state index in [1.54, 1.807) is 13.3 Å². The van der Waals surface area contributed by atoms with Crippen molar-refractivity contribution in [2.75, 3.05) is 27.3 Å². The molecule has 0 fully saturated rings. The zero-order chi connectivity index (χ0) is 15.4. The lowest BCUT2D eigenvalue weighted by Gasteiger charge is -2.13. The SMILES string of the molecule is COCCn1cc(C(=O)N(C)CC(=O)O)c2ccccc21. The van der Waals surface area contributed by atoms with E-state index in [9.17, 15) is 9.59 Å². The van der Waals surface area contributed by atoms with E-state index in [-0.39, 0.29) is 12.5 Å². The lowest BCUT2D eigenvalue weighted by molar-refractivity contribution is -0.137. The second-order valence-corrected chi connectivity index (χ2v) is 4.80. The number of carboxylic acid groups (broad SMARTS) is 1. The molecule has 2 aromatic rings. The van der Waals surface area contributed by atoms with E-state index in [0.717, 1.165) is 10.9 Å². The fourth-order valence-electron chi connectivity index (χ4n) is 2.27. The highest BCUT2D eigenvalue weighted by Gasteiger charge is 2.19. The number of aliphatic carboxylic acids is 1. The third kappa shape index (κ3) is 3.22. The Kier molecular flexibility index (Phi) is 4.59. The first-order valence-electron chi connectivity index (χ1n) is 6.58. The second-order valence-electron chi connectivity index (χ2n) is 4.80. The fourth-order valence-corrected chi connectivity index (χ4v) is 2.27. The largest absolute Gasteiger partial charge is 0.480 e. The molecule has 6 nitrogen and oxygen atoms in total. The van der Waals surface area contributed by atoms with Crippen LogP contribution in [0.15, 0.2) is 30.5 Å². The molecule has 0 aliphatic carbocycles. The van der Waals surface area contributed by atoms with E-state index in [1.807, 2.05) is 28.8 Å². The highest BCUT2D eigenvalue weighted by Crippen LogP contribution is 2.22. The van der Waals surface area contributed by atoms with Gasteiger partial charge in [-0.3, -0.25) is 9.59 Å². The normalized spacial score (nSPS) is 10.8. The number of fused-ring (bicyclic) bond motifs is 1. The van der Waals surface area contributed by atoms with Gasteiger partial charge in [0, 0.05) is 37.8 Å². The maximum absolute atomic E-state index is 12.4. The van der Waals surface area contributed by atoms with Crippen LogP contribution < -0.4 is 0 Å². The summed E-state index contributed by atoms with van der Waals surface area (Å²) < 4.78 is 7.02. The number of para-hydroxylation sites is 1. The third-order valence-corrected chi connectivity index (χ3v) is 3.27. The average Bonchev–Trinajstić information content (AvgIpc) is 2.82. The van der Waals surface area contributed by atoms with Gasteiger partial charge in [-0.2, -0.15) is 0 Å². The van der Waals surface area contributed by atoms with Crippen LogP contribution in [0.4, 0.5) is 0 Å². The summed E-state index contributed by atoms with van der Waals surface area (Å²) in [4.78, 5) is 24.3. The number of ether oxygens (including phenoxy) is 1. The number of aromatic nitrogens is 1. The molecular formula is C15H18N2O4. The van der Waals surface area contributed by atoms with E-state index >= 15 is 0 Å². The van der Waals surface area contributed by atoms with Crippen molar-refractivity contribution in [1.82, 2.24) is 9.47 Å². The molecule has 1 heterocycles. The second kappa shape index (κ2) is 6.41. The molecule has 112 valence electrons. The molecule has 0 radical (unpaired) electrons. The quantitative estimate of drug-likeness (QED) is 0.874. The van der Waals surface area contributed by atoms with Crippen molar-refractivity contribution in [1.29, 1.82) is 0 Å². The minimum Gasteiger partial charge on any atom is -0.480 e. The molecule has 6 heteroatoms. The highest BCUT2D eigenvalue weighted by atomic mass is 16.5. The number of carboxylic acids is 1. The van der Waals surface area contributed by atoms with Crippen molar-refractivity contribution in [3.05, 3.63) is 36.0 Å². The van der Waals surface area contributed by atoms with Crippen molar-refractivity contribution in [3.8, 4) is 0 Å². The van der Waals surface area contributed by atoms with Crippen LogP contribution >= 0.6 is 0 Å². The van der Waals surface area contributed by atoms with Gasteiger partial charge in [0.05, 0.1) is 12.2 Å². The minimum atomic E-state index is -1.03. The smallest absolute Gasteiger partial charge is 0.323 e. The summed E-state index contributed by atoms with van der Waals surface area (Å²) in [6.45, 7) is 0.848. The first-order chi connectivity index (χ1) is 10.0. The van der Waals surface area contributed by atoms with Crippen LogP contribution in [-0.2, 0) is 16.1 Å². The number of methoxy groups -OCH3 is 1. The first-order valence-corrected chi connectivity index (χ1v) is 6.58. The molecule has 1 aromatic heterocycles. The molecular weight excluding hydrogens is 272 g/mol. The van der Waals surface area contributed by atoms with Crippen LogP contribution in [0.25, 0.3) is 10.9 Å². The molecule has 0 aliphatic heterocycles. The Labute approximate surface area is 122 Å². The molecule has 0 unspecified atom stereocenters. The molecule has 0 bridgehead atoms. The monoisotopic (exact) mass is 290 g/mol. The molecule has 1 aromatic carbocycles. The molecule has 1 amide bonds. The Bertz CT molecular complexity index is 663. The molecule has 0 spiro atoms. The van der Waals surface area contributed by atoms with Gasteiger partial charge in [0.25, 0.3) is 5.91 Å². The summed E-state index contributed by atoms with van der Waals surface area (Å²) in [6.07, 6.45) is 1.75. The average molecular weight is 290 g/mol. The van der Waals surface area contributed by atoms with Gasteiger partial charge in [-0.25, -0.2) is 0 Å². The maximum Gasteiger partial charge on any atom is 0.323 e. The Morgan fingerprint density at radius 3 is 2.71 bits per heavy atom. The standard InChI is InChI=1S/C15H18N2O4/c1-16(10-14(18)19)15(20)12-9-17(7-8-21-2)13-6-4-3-5-11(12)13/h3-6,9H,7-8,10H2,1-2H3,(H,18,19). The number of benzene rings is 1. The van der Waals surface area contributed by atoms with E-state index in [4.69, 9.17) is 9.84 Å². The van der Waals surface area contributed by atoms with Crippen LogP contribution in [0, 0.1) is 0 Å². The van der Waals surface area contributed by atoms with E-state index in [0.29, 0.717) is 18.7 Å². The van der Waals surface area contributed by atoms with E-state index < -0.39 is 5.97 Å². The summed E-state index contributed by atoms with van der Waals surface area (Å²) in [6, 6.07) is 7.55. The van der Waals surface area contributed by atoms with Crippen LogP contribution in [0.5, 0.6) is 0 Å². The number of likely N-dealkylation sites (N-methyl/N-ethyl adjacent to an activating group) is 1. The number of carbonyl (C=O) groups excluding carboxylic acids is 1. The number of carbonyl (C=O) groups is 2. The van der Waals surface area contributed by atoms with Gasteiger partial charge >= 0.3 is 5.97 Å². The Balaban J connectivity index is 2.39. The van der Waals surface area contributed by atoms with Crippen LogP contribution in [-0.4, -0.2) is 53.8 Å². The van der Waals surface area contributed by atoms with Crippen molar-refractivity contribution >= 4 is 22.8 Å².